The molecule has 1 atom stereocenters. The molecule has 2 heterocycles. The van der Waals surface area contributed by atoms with Gasteiger partial charge in [-0.3, -0.25) is 4.79 Å². The molecule has 2 N–H and O–H groups in total. The van der Waals surface area contributed by atoms with E-state index in [2.05, 4.69) is 17.6 Å². The Bertz CT molecular complexity index is 231. The molecule has 0 aromatic carbocycles. The molecule has 2 fully saturated rings. The highest BCUT2D eigenvalue weighted by atomic mass is 16.5. The van der Waals surface area contributed by atoms with Crippen molar-refractivity contribution >= 4 is 5.91 Å². The molecule has 1 amide bonds. The lowest BCUT2D eigenvalue weighted by Gasteiger charge is -2.35. The maximum absolute atomic E-state index is 11.9. The molecule has 0 aliphatic carbocycles. The smallest absolute Gasteiger partial charge is 0.249 e. The first-order valence-corrected chi connectivity index (χ1v) is 5.84. The van der Waals surface area contributed by atoms with Crippen molar-refractivity contribution in [2.24, 2.45) is 0 Å². The van der Waals surface area contributed by atoms with Gasteiger partial charge in [0.05, 0.1) is 0 Å². The van der Waals surface area contributed by atoms with Crippen molar-refractivity contribution in [2.75, 3.05) is 19.7 Å². The van der Waals surface area contributed by atoms with E-state index in [4.69, 9.17) is 4.74 Å². The van der Waals surface area contributed by atoms with Gasteiger partial charge in [0.15, 0.2) is 0 Å². The predicted octanol–water partition coefficient (Wildman–Crippen LogP) is 0.424. The molecule has 2 rings (SSSR count). The maximum atomic E-state index is 11.9. The lowest BCUT2D eigenvalue weighted by molar-refractivity contribution is -0.132. The highest BCUT2D eigenvalue weighted by Gasteiger charge is 2.32. The fourth-order valence-corrected chi connectivity index (χ4v) is 2.27. The van der Waals surface area contributed by atoms with Crippen molar-refractivity contribution in [3.05, 3.63) is 0 Å². The SMILES string of the molecule is CC1(NC(=O)C2CCCO2)CCNCC1. The van der Waals surface area contributed by atoms with Crippen LogP contribution in [0.25, 0.3) is 0 Å². The van der Waals surface area contributed by atoms with Crippen molar-refractivity contribution in [1.82, 2.24) is 10.6 Å². The summed E-state index contributed by atoms with van der Waals surface area (Å²) in [6, 6.07) is 0. The highest BCUT2D eigenvalue weighted by Crippen LogP contribution is 2.19. The van der Waals surface area contributed by atoms with Gasteiger partial charge in [-0.15, -0.1) is 0 Å². The number of piperidine rings is 1. The number of hydrogen-bond donors (Lipinski definition) is 2. The topological polar surface area (TPSA) is 50.4 Å². The third kappa shape index (κ3) is 2.69. The van der Waals surface area contributed by atoms with E-state index in [1.165, 1.54) is 0 Å². The Morgan fingerprint density at radius 1 is 1.47 bits per heavy atom. The van der Waals surface area contributed by atoms with Gasteiger partial charge in [-0.2, -0.15) is 0 Å². The summed E-state index contributed by atoms with van der Waals surface area (Å²) in [6.45, 7) is 4.83. The number of hydrogen-bond acceptors (Lipinski definition) is 3. The molecule has 15 heavy (non-hydrogen) atoms. The van der Waals surface area contributed by atoms with E-state index in [1.54, 1.807) is 0 Å². The largest absolute Gasteiger partial charge is 0.368 e. The fraction of sp³-hybridized carbons (Fsp3) is 0.909. The van der Waals surface area contributed by atoms with Crippen LogP contribution >= 0.6 is 0 Å². The number of carbonyl (C=O) groups is 1. The summed E-state index contributed by atoms with van der Waals surface area (Å²) in [4.78, 5) is 11.9. The first-order chi connectivity index (χ1) is 7.20. The van der Waals surface area contributed by atoms with Crippen LogP contribution in [0, 0.1) is 0 Å². The van der Waals surface area contributed by atoms with E-state index < -0.39 is 0 Å². The van der Waals surface area contributed by atoms with E-state index in [1.807, 2.05) is 0 Å². The molecule has 0 saturated carbocycles. The first kappa shape index (κ1) is 10.9. The minimum Gasteiger partial charge on any atom is -0.368 e. The summed E-state index contributed by atoms with van der Waals surface area (Å²) in [5.74, 6) is 0.0805. The number of carbonyl (C=O) groups excluding carboxylic acids is 1. The van der Waals surface area contributed by atoms with Gasteiger partial charge in [-0.05, 0) is 45.7 Å². The molecular formula is C11H20N2O2. The predicted molar refractivity (Wildman–Crippen MR) is 57.6 cm³/mol. The minimum absolute atomic E-state index is 0.0334. The van der Waals surface area contributed by atoms with Crippen LogP contribution in [0.5, 0.6) is 0 Å². The average molecular weight is 212 g/mol. The monoisotopic (exact) mass is 212 g/mol. The molecule has 0 spiro atoms. The highest BCUT2D eigenvalue weighted by molar-refractivity contribution is 5.81. The zero-order valence-corrected chi connectivity index (χ0v) is 9.34. The van der Waals surface area contributed by atoms with Crippen molar-refractivity contribution < 1.29 is 9.53 Å². The third-order valence-electron chi connectivity index (χ3n) is 3.35. The standard InChI is InChI=1S/C11H20N2O2/c1-11(4-6-12-7-5-11)13-10(14)9-3-2-8-15-9/h9,12H,2-8H2,1H3,(H,13,14). The van der Waals surface area contributed by atoms with Gasteiger partial charge in [0, 0.05) is 12.1 Å². The van der Waals surface area contributed by atoms with Crippen molar-refractivity contribution in [2.45, 2.75) is 44.2 Å². The van der Waals surface area contributed by atoms with Gasteiger partial charge < -0.3 is 15.4 Å². The van der Waals surface area contributed by atoms with Gasteiger partial charge in [-0.25, -0.2) is 0 Å². The Balaban J connectivity index is 1.86. The summed E-state index contributed by atoms with van der Waals surface area (Å²) in [6.07, 6.45) is 3.70. The Morgan fingerprint density at radius 3 is 2.80 bits per heavy atom. The van der Waals surface area contributed by atoms with Gasteiger partial charge in [0.25, 0.3) is 0 Å². The van der Waals surface area contributed by atoms with E-state index in [-0.39, 0.29) is 17.6 Å². The molecule has 0 bridgehead atoms. The number of rotatable bonds is 2. The molecule has 0 radical (unpaired) electrons. The summed E-state index contributed by atoms with van der Waals surface area (Å²) in [5, 5.41) is 6.43. The van der Waals surface area contributed by atoms with E-state index in [9.17, 15) is 4.79 Å². The molecule has 2 aliphatic rings. The van der Waals surface area contributed by atoms with E-state index in [0.29, 0.717) is 0 Å². The van der Waals surface area contributed by atoms with Crippen LogP contribution in [0.1, 0.15) is 32.6 Å². The van der Waals surface area contributed by atoms with Crippen LogP contribution in [0.2, 0.25) is 0 Å². The summed E-state index contributed by atoms with van der Waals surface area (Å²) < 4.78 is 5.37. The number of amides is 1. The van der Waals surface area contributed by atoms with Crippen LogP contribution in [0.3, 0.4) is 0 Å². The van der Waals surface area contributed by atoms with Crippen LogP contribution in [-0.2, 0) is 9.53 Å². The molecular weight excluding hydrogens is 192 g/mol. The Labute approximate surface area is 90.8 Å². The van der Waals surface area contributed by atoms with Gasteiger partial charge >= 0.3 is 0 Å². The molecule has 2 aliphatic heterocycles. The van der Waals surface area contributed by atoms with E-state index >= 15 is 0 Å². The summed E-state index contributed by atoms with van der Waals surface area (Å²) in [7, 11) is 0. The lowest BCUT2D eigenvalue weighted by atomic mass is 9.90. The van der Waals surface area contributed by atoms with Gasteiger partial charge in [0.1, 0.15) is 6.10 Å². The van der Waals surface area contributed by atoms with Gasteiger partial charge in [-0.1, -0.05) is 0 Å². The molecule has 4 nitrogen and oxygen atoms in total. The Kier molecular flexibility index (Phi) is 3.26. The van der Waals surface area contributed by atoms with Gasteiger partial charge in [0.2, 0.25) is 5.91 Å². The second-order valence-electron chi connectivity index (χ2n) is 4.80. The van der Waals surface area contributed by atoms with Crippen LogP contribution in [-0.4, -0.2) is 37.2 Å². The Morgan fingerprint density at radius 2 is 2.20 bits per heavy atom. The molecule has 0 aromatic rings. The third-order valence-corrected chi connectivity index (χ3v) is 3.35. The first-order valence-electron chi connectivity index (χ1n) is 5.84. The molecule has 1 unspecified atom stereocenters. The summed E-state index contributed by atoms with van der Waals surface area (Å²) in [5.41, 5.74) is -0.0334. The number of nitrogens with one attached hydrogen (secondary N) is 2. The summed E-state index contributed by atoms with van der Waals surface area (Å²) >= 11 is 0. The fourth-order valence-electron chi connectivity index (χ4n) is 2.27. The Hall–Kier alpha value is -0.610. The molecule has 4 heteroatoms. The quantitative estimate of drug-likeness (QED) is 0.697. The second-order valence-corrected chi connectivity index (χ2v) is 4.80. The minimum atomic E-state index is -0.197. The normalized spacial score (nSPS) is 30.1. The van der Waals surface area contributed by atoms with E-state index in [0.717, 1.165) is 45.4 Å². The molecule has 0 aromatic heterocycles. The van der Waals surface area contributed by atoms with Crippen LogP contribution in [0.4, 0.5) is 0 Å². The van der Waals surface area contributed by atoms with Crippen molar-refractivity contribution in [1.29, 1.82) is 0 Å². The van der Waals surface area contributed by atoms with Crippen molar-refractivity contribution in [3.8, 4) is 0 Å². The van der Waals surface area contributed by atoms with Crippen LogP contribution in [0.15, 0.2) is 0 Å². The molecule has 2 saturated heterocycles. The van der Waals surface area contributed by atoms with Crippen LogP contribution < -0.4 is 10.6 Å². The maximum Gasteiger partial charge on any atom is 0.249 e. The zero-order chi connectivity index (χ0) is 10.7. The zero-order valence-electron chi connectivity index (χ0n) is 9.34. The number of ether oxygens (including phenoxy) is 1. The average Bonchev–Trinajstić information content (AvgIpc) is 2.70. The second kappa shape index (κ2) is 4.49. The lowest BCUT2D eigenvalue weighted by Crippen LogP contribution is -2.54. The molecule has 86 valence electrons. The van der Waals surface area contributed by atoms with Crippen molar-refractivity contribution in [3.63, 3.8) is 0 Å².